The number of hydrogen-bond donors (Lipinski definition) is 1. The van der Waals surface area contributed by atoms with E-state index >= 15 is 0 Å². The van der Waals surface area contributed by atoms with E-state index in [1.165, 1.54) is 0 Å². The van der Waals surface area contributed by atoms with E-state index in [2.05, 4.69) is 0 Å². The summed E-state index contributed by atoms with van der Waals surface area (Å²) in [4.78, 5) is 0. The molecule has 0 aliphatic rings. The standard InChI is InChI=1S/C14H13ClO2/c1-2-17-12-5-3-4-10(8-12)11-6-7-13(15)14(16)9-11/h3-9,16H,2H2,1H3. The Kier molecular flexibility index (Phi) is 3.55. The number of benzene rings is 2. The molecule has 0 aromatic heterocycles. The summed E-state index contributed by atoms with van der Waals surface area (Å²) in [5.74, 6) is 0.908. The molecule has 0 aliphatic carbocycles. The topological polar surface area (TPSA) is 29.5 Å². The summed E-state index contributed by atoms with van der Waals surface area (Å²) in [7, 11) is 0. The van der Waals surface area contributed by atoms with Gasteiger partial charge in [0, 0.05) is 0 Å². The minimum absolute atomic E-state index is 0.0889. The SMILES string of the molecule is CCOc1cccc(-c2ccc(Cl)c(O)c2)c1. The second kappa shape index (κ2) is 5.11. The van der Waals surface area contributed by atoms with Crippen molar-refractivity contribution in [3.05, 3.63) is 47.5 Å². The minimum atomic E-state index is 0.0889. The molecule has 0 atom stereocenters. The fourth-order valence-electron chi connectivity index (χ4n) is 1.62. The van der Waals surface area contributed by atoms with E-state index in [0.717, 1.165) is 16.9 Å². The Hall–Kier alpha value is -1.67. The van der Waals surface area contributed by atoms with Gasteiger partial charge in [-0.2, -0.15) is 0 Å². The molecule has 0 bridgehead atoms. The average molecular weight is 249 g/mol. The Morgan fingerprint density at radius 3 is 2.59 bits per heavy atom. The fraction of sp³-hybridized carbons (Fsp3) is 0.143. The predicted molar refractivity (Wildman–Crippen MR) is 69.7 cm³/mol. The van der Waals surface area contributed by atoms with Crippen LogP contribution >= 0.6 is 11.6 Å². The van der Waals surface area contributed by atoms with Crippen LogP contribution in [0.15, 0.2) is 42.5 Å². The van der Waals surface area contributed by atoms with Gasteiger partial charge in [0.1, 0.15) is 11.5 Å². The molecule has 0 unspecified atom stereocenters. The number of aromatic hydroxyl groups is 1. The first kappa shape index (κ1) is 11.8. The summed E-state index contributed by atoms with van der Waals surface area (Å²) in [6, 6.07) is 12.9. The van der Waals surface area contributed by atoms with E-state index in [4.69, 9.17) is 16.3 Å². The van der Waals surface area contributed by atoms with Crippen molar-refractivity contribution in [1.29, 1.82) is 0 Å². The van der Waals surface area contributed by atoms with Crippen LogP contribution in [0.5, 0.6) is 11.5 Å². The normalized spacial score (nSPS) is 10.2. The molecule has 17 heavy (non-hydrogen) atoms. The summed E-state index contributed by atoms with van der Waals surface area (Å²) < 4.78 is 5.43. The first-order chi connectivity index (χ1) is 8.20. The van der Waals surface area contributed by atoms with Crippen LogP contribution in [0.4, 0.5) is 0 Å². The van der Waals surface area contributed by atoms with Gasteiger partial charge in [-0.1, -0.05) is 29.8 Å². The highest BCUT2D eigenvalue weighted by atomic mass is 35.5. The molecule has 2 aromatic rings. The van der Waals surface area contributed by atoms with Gasteiger partial charge < -0.3 is 9.84 Å². The zero-order chi connectivity index (χ0) is 12.3. The number of hydrogen-bond acceptors (Lipinski definition) is 2. The van der Waals surface area contributed by atoms with Gasteiger partial charge in [0.25, 0.3) is 0 Å². The van der Waals surface area contributed by atoms with E-state index in [1.54, 1.807) is 12.1 Å². The summed E-state index contributed by atoms with van der Waals surface area (Å²) in [6.45, 7) is 2.58. The van der Waals surface area contributed by atoms with Gasteiger partial charge in [0.05, 0.1) is 11.6 Å². The largest absolute Gasteiger partial charge is 0.506 e. The van der Waals surface area contributed by atoms with E-state index in [-0.39, 0.29) is 5.75 Å². The quantitative estimate of drug-likeness (QED) is 0.886. The molecular formula is C14H13ClO2. The maximum atomic E-state index is 9.57. The first-order valence-corrected chi connectivity index (χ1v) is 5.80. The minimum Gasteiger partial charge on any atom is -0.506 e. The lowest BCUT2D eigenvalue weighted by molar-refractivity contribution is 0.340. The zero-order valence-electron chi connectivity index (χ0n) is 9.48. The Bertz CT molecular complexity index is 523. The second-order valence-corrected chi connectivity index (χ2v) is 4.03. The lowest BCUT2D eigenvalue weighted by atomic mass is 10.1. The summed E-state index contributed by atoms with van der Waals surface area (Å²) in [6.07, 6.45) is 0. The van der Waals surface area contributed by atoms with Crippen LogP contribution in [0.1, 0.15) is 6.92 Å². The van der Waals surface area contributed by atoms with Crippen LogP contribution in [0.25, 0.3) is 11.1 Å². The van der Waals surface area contributed by atoms with Gasteiger partial charge >= 0.3 is 0 Å². The van der Waals surface area contributed by atoms with E-state index in [9.17, 15) is 5.11 Å². The molecular weight excluding hydrogens is 236 g/mol. The Morgan fingerprint density at radius 1 is 1.12 bits per heavy atom. The van der Waals surface area contributed by atoms with E-state index in [0.29, 0.717) is 11.6 Å². The van der Waals surface area contributed by atoms with Crippen molar-refractivity contribution in [3.63, 3.8) is 0 Å². The number of phenols is 1. The maximum Gasteiger partial charge on any atom is 0.134 e. The third-order valence-corrected chi connectivity index (χ3v) is 2.74. The van der Waals surface area contributed by atoms with Crippen molar-refractivity contribution in [3.8, 4) is 22.6 Å². The summed E-state index contributed by atoms with van der Waals surface area (Å²) in [5.41, 5.74) is 1.90. The molecule has 0 fully saturated rings. The monoisotopic (exact) mass is 248 g/mol. The molecule has 3 heteroatoms. The molecule has 0 aliphatic heterocycles. The van der Waals surface area contributed by atoms with Crippen LogP contribution in [0.2, 0.25) is 5.02 Å². The molecule has 2 nitrogen and oxygen atoms in total. The molecule has 88 valence electrons. The second-order valence-electron chi connectivity index (χ2n) is 3.63. The van der Waals surface area contributed by atoms with Gasteiger partial charge in [-0.25, -0.2) is 0 Å². The van der Waals surface area contributed by atoms with E-state index < -0.39 is 0 Å². The number of rotatable bonds is 3. The molecule has 1 N–H and O–H groups in total. The molecule has 0 saturated carbocycles. The van der Waals surface area contributed by atoms with Crippen LogP contribution in [0, 0.1) is 0 Å². The van der Waals surface area contributed by atoms with Gasteiger partial charge in [-0.15, -0.1) is 0 Å². The average Bonchev–Trinajstić information content (AvgIpc) is 2.33. The van der Waals surface area contributed by atoms with Gasteiger partial charge in [-0.05, 0) is 42.3 Å². The van der Waals surface area contributed by atoms with Crippen LogP contribution in [0.3, 0.4) is 0 Å². The lowest BCUT2D eigenvalue weighted by Crippen LogP contribution is -1.91. The van der Waals surface area contributed by atoms with Crippen molar-refractivity contribution < 1.29 is 9.84 Å². The lowest BCUT2D eigenvalue weighted by Gasteiger charge is -2.07. The maximum absolute atomic E-state index is 9.57. The van der Waals surface area contributed by atoms with Gasteiger partial charge in [0.15, 0.2) is 0 Å². The molecule has 0 amide bonds. The highest BCUT2D eigenvalue weighted by Gasteiger charge is 2.03. The van der Waals surface area contributed by atoms with Crippen molar-refractivity contribution in [2.45, 2.75) is 6.92 Å². The van der Waals surface area contributed by atoms with E-state index in [1.807, 2.05) is 37.3 Å². The molecule has 2 rings (SSSR count). The molecule has 0 heterocycles. The van der Waals surface area contributed by atoms with Gasteiger partial charge in [0.2, 0.25) is 0 Å². The molecule has 0 spiro atoms. The summed E-state index contributed by atoms with van der Waals surface area (Å²) >= 11 is 5.77. The Labute approximate surface area is 105 Å². The molecule has 2 aromatic carbocycles. The van der Waals surface area contributed by atoms with Crippen LogP contribution in [-0.4, -0.2) is 11.7 Å². The molecule has 0 radical (unpaired) electrons. The third kappa shape index (κ3) is 2.71. The zero-order valence-corrected chi connectivity index (χ0v) is 10.2. The highest BCUT2D eigenvalue weighted by molar-refractivity contribution is 6.32. The van der Waals surface area contributed by atoms with Crippen molar-refractivity contribution >= 4 is 11.6 Å². The predicted octanol–water partition coefficient (Wildman–Crippen LogP) is 4.11. The fourth-order valence-corrected chi connectivity index (χ4v) is 1.74. The number of ether oxygens (including phenoxy) is 1. The third-order valence-electron chi connectivity index (χ3n) is 2.42. The first-order valence-electron chi connectivity index (χ1n) is 5.42. The summed E-state index contributed by atoms with van der Waals surface area (Å²) in [5, 5.41) is 9.93. The van der Waals surface area contributed by atoms with Crippen molar-refractivity contribution in [2.24, 2.45) is 0 Å². The Balaban J connectivity index is 2.38. The highest BCUT2D eigenvalue weighted by Crippen LogP contribution is 2.30. The number of phenolic OH excluding ortho intramolecular Hbond substituents is 1. The Morgan fingerprint density at radius 2 is 1.88 bits per heavy atom. The van der Waals surface area contributed by atoms with Crippen LogP contribution < -0.4 is 4.74 Å². The smallest absolute Gasteiger partial charge is 0.134 e. The van der Waals surface area contributed by atoms with Crippen molar-refractivity contribution in [1.82, 2.24) is 0 Å². The number of halogens is 1. The van der Waals surface area contributed by atoms with Crippen LogP contribution in [-0.2, 0) is 0 Å². The molecule has 0 saturated heterocycles. The van der Waals surface area contributed by atoms with Gasteiger partial charge in [-0.3, -0.25) is 0 Å². The van der Waals surface area contributed by atoms with Crippen molar-refractivity contribution in [2.75, 3.05) is 6.61 Å².